The van der Waals surface area contributed by atoms with Crippen molar-refractivity contribution >= 4 is 0 Å². The summed E-state index contributed by atoms with van der Waals surface area (Å²) in [5, 5.41) is 0. The van der Waals surface area contributed by atoms with Crippen molar-refractivity contribution in [1.82, 2.24) is 19.8 Å². The first kappa shape index (κ1) is 32.2. The van der Waals surface area contributed by atoms with Crippen LogP contribution in [0.2, 0.25) is 0 Å². The van der Waals surface area contributed by atoms with Gasteiger partial charge >= 0.3 is 197 Å². The molecule has 0 aromatic carbocycles. The molecule has 0 fully saturated rings. The fraction of sp³-hybridized carbons (Fsp3) is 1.00. The van der Waals surface area contributed by atoms with E-state index in [1.165, 1.54) is 0 Å². The van der Waals surface area contributed by atoms with Gasteiger partial charge in [-0.15, -0.1) is 0 Å². The summed E-state index contributed by atoms with van der Waals surface area (Å²) in [6, 6.07) is 0. The van der Waals surface area contributed by atoms with Crippen LogP contribution in [0.15, 0.2) is 3.34 Å². The number of hydrogen-bond donors (Lipinski definition) is 0. The Hall–Kier alpha value is 1.04. The Morgan fingerprint density at radius 3 is 0.862 bits per heavy atom. The molecule has 7 nitrogen and oxygen atoms in total. The molecular formula is C20H53N7Ta2. The van der Waals surface area contributed by atoms with Crippen molar-refractivity contribution < 1.29 is 37.0 Å². The van der Waals surface area contributed by atoms with E-state index in [9.17, 15) is 0 Å². The monoisotopic (exact) mass is 753 g/mol. The van der Waals surface area contributed by atoms with E-state index in [0.29, 0.717) is 0 Å². The fourth-order valence-electron chi connectivity index (χ4n) is 3.88. The van der Waals surface area contributed by atoms with Crippen LogP contribution < -0.4 is 0 Å². The molecule has 0 aliphatic heterocycles. The van der Waals surface area contributed by atoms with Crippen molar-refractivity contribution in [1.29, 1.82) is 0 Å². The van der Waals surface area contributed by atoms with Crippen LogP contribution in [0.3, 0.4) is 0 Å². The molecule has 0 saturated heterocycles. The first-order valence-electron chi connectivity index (χ1n) is 11.2. The van der Waals surface area contributed by atoms with Gasteiger partial charge in [-0.25, -0.2) is 0 Å². The summed E-state index contributed by atoms with van der Waals surface area (Å²) in [5.74, 6) is 0. The van der Waals surface area contributed by atoms with Crippen LogP contribution in [0.25, 0.3) is 0 Å². The molecule has 0 bridgehead atoms. The first-order valence-corrected chi connectivity index (χ1v) is 21.3. The zero-order valence-corrected chi connectivity index (χ0v) is 28.4. The van der Waals surface area contributed by atoms with Crippen molar-refractivity contribution in [2.24, 2.45) is 3.34 Å². The average Bonchev–Trinajstić information content (AvgIpc) is 2.64. The Labute approximate surface area is 195 Å². The topological polar surface area (TPSA) is 31.8 Å². The van der Waals surface area contributed by atoms with E-state index in [0.717, 1.165) is 45.8 Å². The normalized spacial score (nSPS) is 12.7. The van der Waals surface area contributed by atoms with Crippen LogP contribution in [0.1, 0.15) is 48.5 Å². The predicted octanol–water partition coefficient (Wildman–Crippen LogP) is 3.15. The predicted molar refractivity (Wildman–Crippen MR) is 123 cm³/mol. The van der Waals surface area contributed by atoms with Gasteiger partial charge in [0.2, 0.25) is 0 Å². The third kappa shape index (κ3) is 9.60. The van der Waals surface area contributed by atoms with Crippen LogP contribution in [0.5, 0.6) is 0 Å². The van der Waals surface area contributed by atoms with Gasteiger partial charge in [0, 0.05) is 0 Å². The minimum absolute atomic E-state index is 0.946. The standard InChI is InChI=1S/3C4H10N.3C2H6N.C2H5N.2Ta/c3*1-3-5-4-2;3*1-3-2;1-2-3;;/h3*3-4H2,1-2H3;3*1-2H3;2H2,1H3;;/q6*-1;;2*+3. The summed E-state index contributed by atoms with van der Waals surface area (Å²) in [5.41, 5.74) is 0. The summed E-state index contributed by atoms with van der Waals surface area (Å²) in [6.45, 7) is 23.6. The molecule has 0 aromatic rings. The third-order valence-corrected chi connectivity index (χ3v) is 29.1. The molecule has 29 heavy (non-hydrogen) atoms. The summed E-state index contributed by atoms with van der Waals surface area (Å²) < 4.78 is 20.5. The van der Waals surface area contributed by atoms with E-state index in [4.69, 9.17) is 3.34 Å². The van der Waals surface area contributed by atoms with Gasteiger partial charge in [0.05, 0.1) is 0 Å². The Bertz CT molecular complexity index is 375. The van der Waals surface area contributed by atoms with Gasteiger partial charge in [-0.05, 0) is 0 Å². The second-order valence-electron chi connectivity index (χ2n) is 7.22. The number of nitrogens with zero attached hydrogens (tertiary/aromatic N) is 7. The quantitative estimate of drug-likeness (QED) is 0.288. The Kier molecular flexibility index (Phi) is 19.5. The molecule has 0 aliphatic carbocycles. The molecule has 0 spiro atoms. The molecular weight excluding hydrogens is 700 g/mol. The van der Waals surface area contributed by atoms with Crippen molar-refractivity contribution in [3.05, 3.63) is 0 Å². The molecule has 0 N–H and O–H groups in total. The zero-order chi connectivity index (χ0) is 23.2. The van der Waals surface area contributed by atoms with Gasteiger partial charge < -0.3 is 0 Å². The Morgan fingerprint density at radius 1 is 0.517 bits per heavy atom. The van der Waals surface area contributed by atoms with E-state index in [1.807, 2.05) is 0 Å². The molecule has 0 aromatic heterocycles. The molecule has 178 valence electrons. The number of hydrogen-bond acceptors (Lipinski definition) is 4. The van der Waals surface area contributed by atoms with Gasteiger partial charge in [0.15, 0.2) is 0 Å². The number of rotatable bonds is 13. The van der Waals surface area contributed by atoms with Crippen molar-refractivity contribution in [3.63, 3.8) is 0 Å². The van der Waals surface area contributed by atoms with Gasteiger partial charge in [-0.1, -0.05) is 0 Å². The molecule has 0 unspecified atom stereocenters. The van der Waals surface area contributed by atoms with Gasteiger partial charge in [-0.2, -0.15) is 0 Å². The second kappa shape index (κ2) is 17.6. The van der Waals surface area contributed by atoms with Crippen LogP contribution >= 0.6 is 0 Å². The zero-order valence-electron chi connectivity index (χ0n) is 22.0. The molecule has 0 rings (SSSR count). The average molecular weight is 754 g/mol. The van der Waals surface area contributed by atoms with Crippen LogP contribution in [-0.2, 0) is 37.0 Å². The second-order valence-corrected chi connectivity index (χ2v) is 28.7. The maximum atomic E-state index is 5.27. The summed E-state index contributed by atoms with van der Waals surface area (Å²) in [7, 11) is 13.0. The maximum absolute atomic E-state index is 5.27. The van der Waals surface area contributed by atoms with Gasteiger partial charge in [0.25, 0.3) is 0 Å². The van der Waals surface area contributed by atoms with Crippen LogP contribution in [0.4, 0.5) is 0 Å². The van der Waals surface area contributed by atoms with E-state index in [1.54, 1.807) is 0 Å². The fourth-order valence-corrected chi connectivity index (χ4v) is 26.9. The van der Waals surface area contributed by atoms with Crippen molar-refractivity contribution in [3.8, 4) is 0 Å². The molecule has 0 amide bonds. The summed E-state index contributed by atoms with van der Waals surface area (Å²) >= 11 is -4.62. The third-order valence-electron chi connectivity index (χ3n) is 4.73. The van der Waals surface area contributed by atoms with Crippen LogP contribution in [-0.4, -0.2) is 108 Å². The SMILES string of the molecule is CC[N]=[Ta]([N](CC)CC)([N](CC)CC)[N](CC)CC.C[N](C)[Ta]([N](C)C)[N](C)C. The van der Waals surface area contributed by atoms with Gasteiger partial charge in [0.1, 0.15) is 0 Å². The van der Waals surface area contributed by atoms with Crippen molar-refractivity contribution in [2.45, 2.75) is 48.5 Å². The first-order chi connectivity index (χ1) is 13.6. The van der Waals surface area contributed by atoms with Gasteiger partial charge in [-0.3, -0.25) is 0 Å². The Morgan fingerprint density at radius 2 is 0.759 bits per heavy atom. The minimum atomic E-state index is -3.04. The molecule has 0 heterocycles. The van der Waals surface area contributed by atoms with E-state index in [-0.39, 0.29) is 0 Å². The summed E-state index contributed by atoms with van der Waals surface area (Å²) in [4.78, 5) is 0. The Balaban J connectivity index is 0. The molecule has 9 heteroatoms. The van der Waals surface area contributed by atoms with E-state index >= 15 is 0 Å². The van der Waals surface area contributed by atoms with E-state index < -0.39 is 37.0 Å². The van der Waals surface area contributed by atoms with Crippen molar-refractivity contribution in [2.75, 3.05) is 88.1 Å². The van der Waals surface area contributed by atoms with E-state index in [2.05, 4.69) is 111 Å². The summed E-state index contributed by atoms with van der Waals surface area (Å²) in [6.07, 6.45) is 0. The molecule has 0 saturated carbocycles. The van der Waals surface area contributed by atoms with Crippen LogP contribution in [0, 0.1) is 0 Å². The molecule has 0 radical (unpaired) electrons. The molecule has 0 atom stereocenters. The molecule has 0 aliphatic rings.